The molecule has 2 spiro atoms. The van der Waals surface area contributed by atoms with Crippen molar-refractivity contribution in [1.82, 2.24) is 0 Å². The number of aliphatic hydroxyl groups is 1. The Balaban J connectivity index is 1.78. The van der Waals surface area contributed by atoms with Crippen LogP contribution in [0.15, 0.2) is 11.6 Å². The Kier molecular flexibility index (Phi) is 1.72. The smallest absolute Gasteiger partial charge is 0.177 e. The summed E-state index contributed by atoms with van der Waals surface area (Å²) in [4.78, 5) is 12.3. The van der Waals surface area contributed by atoms with Crippen molar-refractivity contribution in [1.29, 1.82) is 0 Å². The van der Waals surface area contributed by atoms with Crippen molar-refractivity contribution in [2.24, 2.45) is 10.8 Å². The van der Waals surface area contributed by atoms with Gasteiger partial charge >= 0.3 is 0 Å². The highest BCUT2D eigenvalue weighted by molar-refractivity contribution is 5.96. The summed E-state index contributed by atoms with van der Waals surface area (Å²) in [5.74, 6) is -1.11. The molecule has 0 amide bonds. The average molecular weight is 278 g/mol. The number of carbonyl (C=O) groups is 1. The molecule has 4 fully saturated rings. The first kappa shape index (κ1) is 11.9. The van der Waals surface area contributed by atoms with Crippen molar-refractivity contribution in [3.8, 4) is 0 Å². The van der Waals surface area contributed by atoms with Crippen molar-refractivity contribution in [3.63, 3.8) is 0 Å². The molecule has 5 heteroatoms. The number of ether oxygens (including phenoxy) is 3. The minimum absolute atomic E-state index is 0.125. The van der Waals surface area contributed by atoms with E-state index < -0.39 is 22.2 Å². The highest BCUT2D eigenvalue weighted by Crippen LogP contribution is 2.77. The molecule has 3 saturated heterocycles. The zero-order valence-electron chi connectivity index (χ0n) is 11.6. The van der Waals surface area contributed by atoms with Crippen molar-refractivity contribution >= 4 is 5.78 Å². The predicted molar refractivity (Wildman–Crippen MR) is 66.8 cm³/mol. The highest BCUT2D eigenvalue weighted by atomic mass is 16.7. The van der Waals surface area contributed by atoms with Crippen LogP contribution in [0.5, 0.6) is 0 Å². The second-order valence-electron chi connectivity index (χ2n) is 7.23. The van der Waals surface area contributed by atoms with E-state index in [1.807, 2.05) is 19.9 Å². The van der Waals surface area contributed by atoms with Gasteiger partial charge in [-0.1, -0.05) is 6.92 Å². The Hall–Kier alpha value is -0.750. The van der Waals surface area contributed by atoms with Gasteiger partial charge in [0.25, 0.3) is 0 Å². The summed E-state index contributed by atoms with van der Waals surface area (Å²) in [6.45, 7) is 4.82. The van der Waals surface area contributed by atoms with Crippen LogP contribution in [0.25, 0.3) is 0 Å². The van der Waals surface area contributed by atoms with Crippen LogP contribution >= 0.6 is 0 Å². The fraction of sp³-hybridized carbons (Fsp3) is 0.800. The summed E-state index contributed by atoms with van der Waals surface area (Å²) >= 11 is 0. The normalized spacial score (nSPS) is 62.5. The molecule has 2 aliphatic carbocycles. The lowest BCUT2D eigenvalue weighted by molar-refractivity contribution is -0.226. The number of rotatable bonds is 0. The van der Waals surface area contributed by atoms with Crippen molar-refractivity contribution in [2.45, 2.75) is 50.3 Å². The molecule has 1 saturated carbocycles. The van der Waals surface area contributed by atoms with Gasteiger partial charge in [-0.25, -0.2) is 0 Å². The van der Waals surface area contributed by atoms with E-state index in [4.69, 9.17) is 14.2 Å². The Morgan fingerprint density at radius 2 is 2.10 bits per heavy atom. The maximum Gasteiger partial charge on any atom is 0.177 e. The number of allylic oxidation sites excluding steroid dienone is 1. The molecule has 20 heavy (non-hydrogen) atoms. The van der Waals surface area contributed by atoms with E-state index >= 15 is 0 Å². The fourth-order valence-corrected chi connectivity index (χ4v) is 5.34. The standard InChI is InChI=1S/C15H18O5/c1-8-3-10-13(4-9(8)16)6-19-15(17)5-11(20-10)14(7-18-14)12(13,15)2/h3,10-11,17H,4-7H2,1-2H3/t10?,11?,12-,13?,14?,15?/m1/s1. The van der Waals surface area contributed by atoms with Crippen molar-refractivity contribution in [3.05, 3.63) is 11.6 Å². The molecule has 2 bridgehead atoms. The van der Waals surface area contributed by atoms with E-state index in [0.717, 1.165) is 5.57 Å². The van der Waals surface area contributed by atoms with Crippen LogP contribution in [0.1, 0.15) is 26.7 Å². The lowest BCUT2D eigenvalue weighted by Crippen LogP contribution is -2.65. The van der Waals surface area contributed by atoms with E-state index in [1.54, 1.807) is 0 Å². The van der Waals surface area contributed by atoms with E-state index in [-0.39, 0.29) is 18.0 Å². The van der Waals surface area contributed by atoms with E-state index in [1.165, 1.54) is 0 Å². The van der Waals surface area contributed by atoms with E-state index in [0.29, 0.717) is 26.1 Å². The molecule has 3 aliphatic heterocycles. The predicted octanol–water partition coefficient (Wildman–Crippen LogP) is 0.557. The van der Waals surface area contributed by atoms with Gasteiger partial charge in [-0.15, -0.1) is 0 Å². The van der Waals surface area contributed by atoms with E-state index in [9.17, 15) is 9.90 Å². The van der Waals surface area contributed by atoms with Crippen LogP contribution < -0.4 is 0 Å². The minimum atomic E-state index is -1.23. The number of epoxide rings is 1. The third kappa shape index (κ3) is 0.873. The topological polar surface area (TPSA) is 68.3 Å². The van der Waals surface area contributed by atoms with Crippen LogP contribution in [-0.4, -0.2) is 47.7 Å². The third-order valence-electron chi connectivity index (χ3n) is 6.80. The van der Waals surface area contributed by atoms with Gasteiger partial charge in [-0.2, -0.15) is 0 Å². The van der Waals surface area contributed by atoms with Gasteiger partial charge in [0.05, 0.1) is 30.8 Å². The molecule has 5 aliphatic rings. The van der Waals surface area contributed by atoms with Crippen LogP contribution in [-0.2, 0) is 19.0 Å². The molecule has 1 N–H and O–H groups in total. The molecular weight excluding hydrogens is 260 g/mol. The summed E-state index contributed by atoms with van der Waals surface area (Å²) in [6.07, 6.45) is 2.42. The largest absolute Gasteiger partial charge is 0.367 e. The second kappa shape index (κ2) is 2.90. The maximum atomic E-state index is 12.3. The SMILES string of the molecule is CC1=CC2OC3CC4(O)OCC2(CC1=O)[C@]4(C)C31CO1. The van der Waals surface area contributed by atoms with Crippen molar-refractivity contribution < 1.29 is 24.1 Å². The average Bonchev–Trinajstić information content (AvgIpc) is 3.12. The summed E-state index contributed by atoms with van der Waals surface area (Å²) < 4.78 is 17.9. The van der Waals surface area contributed by atoms with Gasteiger partial charge in [0, 0.05) is 18.3 Å². The monoisotopic (exact) mass is 278 g/mol. The quantitative estimate of drug-likeness (QED) is 0.656. The van der Waals surface area contributed by atoms with Crippen LogP contribution in [0.3, 0.4) is 0 Å². The van der Waals surface area contributed by atoms with Gasteiger partial charge in [-0.05, 0) is 18.6 Å². The number of carbonyl (C=O) groups excluding carboxylic acids is 1. The van der Waals surface area contributed by atoms with Gasteiger partial charge in [0.1, 0.15) is 5.60 Å². The Morgan fingerprint density at radius 3 is 2.80 bits per heavy atom. The minimum Gasteiger partial charge on any atom is -0.367 e. The van der Waals surface area contributed by atoms with Gasteiger partial charge < -0.3 is 19.3 Å². The molecule has 6 atom stereocenters. The lowest BCUT2D eigenvalue weighted by atomic mass is 9.52. The molecule has 0 aromatic rings. The lowest BCUT2D eigenvalue weighted by Gasteiger charge is -2.54. The van der Waals surface area contributed by atoms with Crippen molar-refractivity contribution in [2.75, 3.05) is 13.2 Å². The van der Waals surface area contributed by atoms with Crippen LogP contribution in [0, 0.1) is 10.8 Å². The Morgan fingerprint density at radius 1 is 1.35 bits per heavy atom. The number of ketones is 1. The molecular formula is C15H18O5. The van der Waals surface area contributed by atoms with Gasteiger partial charge in [0.2, 0.25) is 0 Å². The molecule has 5 unspecified atom stereocenters. The number of hydrogen-bond acceptors (Lipinski definition) is 5. The van der Waals surface area contributed by atoms with Crippen LogP contribution in [0.4, 0.5) is 0 Å². The molecule has 0 radical (unpaired) electrons. The molecule has 5 nitrogen and oxygen atoms in total. The molecule has 0 aromatic heterocycles. The second-order valence-corrected chi connectivity index (χ2v) is 7.23. The van der Waals surface area contributed by atoms with Gasteiger partial charge in [-0.3, -0.25) is 4.79 Å². The fourth-order valence-electron chi connectivity index (χ4n) is 5.34. The van der Waals surface area contributed by atoms with E-state index in [2.05, 4.69) is 0 Å². The maximum absolute atomic E-state index is 12.3. The zero-order valence-corrected chi connectivity index (χ0v) is 11.6. The summed E-state index contributed by atoms with van der Waals surface area (Å²) in [7, 11) is 0. The first-order valence-corrected chi connectivity index (χ1v) is 7.26. The molecule has 3 heterocycles. The summed E-state index contributed by atoms with van der Waals surface area (Å²) in [6, 6.07) is 0. The zero-order chi connectivity index (χ0) is 14.0. The number of hydrogen-bond donors (Lipinski definition) is 1. The molecule has 5 rings (SSSR count). The third-order valence-corrected chi connectivity index (χ3v) is 6.80. The Bertz CT molecular complexity index is 575. The summed E-state index contributed by atoms with van der Waals surface area (Å²) in [5, 5.41) is 11.0. The summed E-state index contributed by atoms with van der Waals surface area (Å²) in [5.41, 5.74) is -0.782. The molecule has 108 valence electrons. The Labute approximate surface area is 116 Å². The van der Waals surface area contributed by atoms with Gasteiger partial charge in [0.15, 0.2) is 11.6 Å². The first-order chi connectivity index (χ1) is 9.39. The highest BCUT2D eigenvalue weighted by Gasteiger charge is 2.89. The first-order valence-electron chi connectivity index (χ1n) is 7.26. The number of Topliss-reactive ketones (excluding diaryl/α,β-unsaturated/α-hetero) is 1. The molecule has 0 aromatic carbocycles. The van der Waals surface area contributed by atoms with Crippen LogP contribution in [0.2, 0.25) is 0 Å².